The summed E-state index contributed by atoms with van der Waals surface area (Å²) in [6, 6.07) is 3.84. The summed E-state index contributed by atoms with van der Waals surface area (Å²) in [6.07, 6.45) is -0.795. The molecule has 0 amide bonds. The van der Waals surface area contributed by atoms with Crippen molar-refractivity contribution in [2.45, 2.75) is 19.1 Å². The molecule has 13 heavy (non-hydrogen) atoms. The van der Waals surface area contributed by atoms with Gasteiger partial charge in [-0.15, -0.1) is 0 Å². The zero-order valence-electron chi connectivity index (χ0n) is 7.37. The minimum atomic E-state index is -0.795. The van der Waals surface area contributed by atoms with Gasteiger partial charge in [0.05, 0.1) is 17.8 Å². The Morgan fingerprint density at radius 2 is 2.08 bits per heavy atom. The van der Waals surface area contributed by atoms with Gasteiger partial charge in [0.2, 0.25) is 0 Å². The predicted molar refractivity (Wildman–Crippen MR) is 49.4 cm³/mol. The summed E-state index contributed by atoms with van der Waals surface area (Å²) >= 11 is 0. The van der Waals surface area contributed by atoms with Crippen LogP contribution in [0.15, 0.2) is 18.2 Å². The molecule has 3 nitrogen and oxygen atoms in total. The van der Waals surface area contributed by atoms with E-state index in [1.54, 1.807) is 6.07 Å². The zero-order valence-corrected chi connectivity index (χ0v) is 7.37. The number of benzene rings is 1. The molecule has 0 radical (unpaired) electrons. The SMILES string of the molecule is C[C@H](O)[C@@H](N)c1cccc(N)c1F. The molecule has 72 valence electrons. The van der Waals surface area contributed by atoms with Crippen LogP contribution in [0.2, 0.25) is 0 Å². The number of nitrogens with two attached hydrogens (primary N) is 2. The lowest BCUT2D eigenvalue weighted by atomic mass is 10.0. The monoisotopic (exact) mass is 184 g/mol. The fourth-order valence-electron chi connectivity index (χ4n) is 1.09. The molecule has 2 atom stereocenters. The molecule has 0 aliphatic rings. The lowest BCUT2D eigenvalue weighted by Gasteiger charge is -2.16. The van der Waals surface area contributed by atoms with Crippen molar-refractivity contribution in [3.8, 4) is 0 Å². The third-order valence-corrected chi connectivity index (χ3v) is 1.94. The number of hydrogen-bond donors (Lipinski definition) is 3. The van der Waals surface area contributed by atoms with Crippen LogP contribution in [0.3, 0.4) is 0 Å². The summed E-state index contributed by atoms with van der Waals surface area (Å²) in [5.41, 5.74) is 11.2. The number of hydrogen-bond acceptors (Lipinski definition) is 3. The highest BCUT2D eigenvalue weighted by Gasteiger charge is 2.17. The van der Waals surface area contributed by atoms with Crippen LogP contribution in [0, 0.1) is 5.82 Å². The van der Waals surface area contributed by atoms with E-state index in [4.69, 9.17) is 16.6 Å². The Balaban J connectivity index is 3.07. The maximum atomic E-state index is 13.3. The molecule has 4 heteroatoms. The molecule has 0 saturated carbocycles. The Morgan fingerprint density at radius 1 is 1.46 bits per heavy atom. The molecule has 0 heterocycles. The Hall–Kier alpha value is -1.13. The van der Waals surface area contributed by atoms with Gasteiger partial charge in [0, 0.05) is 5.56 Å². The van der Waals surface area contributed by atoms with Crippen molar-refractivity contribution >= 4 is 5.69 Å². The molecule has 1 aromatic rings. The highest BCUT2D eigenvalue weighted by molar-refractivity contribution is 5.44. The van der Waals surface area contributed by atoms with Crippen LogP contribution >= 0.6 is 0 Å². The van der Waals surface area contributed by atoms with E-state index >= 15 is 0 Å². The van der Waals surface area contributed by atoms with Crippen LogP contribution in [0.25, 0.3) is 0 Å². The lowest BCUT2D eigenvalue weighted by Crippen LogP contribution is -2.24. The maximum absolute atomic E-state index is 13.3. The summed E-state index contributed by atoms with van der Waals surface area (Å²) in [5, 5.41) is 9.16. The van der Waals surface area contributed by atoms with Gasteiger partial charge in [0.25, 0.3) is 0 Å². The average Bonchev–Trinajstić information content (AvgIpc) is 2.08. The quantitative estimate of drug-likeness (QED) is 0.595. The van der Waals surface area contributed by atoms with Gasteiger partial charge >= 0.3 is 0 Å². The number of halogens is 1. The second-order valence-corrected chi connectivity index (χ2v) is 3.02. The lowest BCUT2D eigenvalue weighted by molar-refractivity contribution is 0.162. The minimum absolute atomic E-state index is 0.0496. The number of anilines is 1. The van der Waals surface area contributed by atoms with E-state index in [9.17, 15) is 4.39 Å². The Bertz CT molecular complexity index is 302. The first-order valence-corrected chi connectivity index (χ1v) is 4.01. The predicted octanol–water partition coefficient (Wildman–Crippen LogP) is 0.789. The van der Waals surface area contributed by atoms with Crippen LogP contribution in [0.4, 0.5) is 10.1 Å². The van der Waals surface area contributed by atoms with Crippen LogP contribution < -0.4 is 11.5 Å². The number of aliphatic hydroxyl groups excluding tert-OH is 1. The third-order valence-electron chi connectivity index (χ3n) is 1.94. The second-order valence-electron chi connectivity index (χ2n) is 3.02. The molecule has 0 bridgehead atoms. The smallest absolute Gasteiger partial charge is 0.150 e. The van der Waals surface area contributed by atoms with Crippen molar-refractivity contribution < 1.29 is 9.50 Å². The minimum Gasteiger partial charge on any atom is -0.396 e. The van der Waals surface area contributed by atoms with Gasteiger partial charge in [-0.2, -0.15) is 0 Å². The number of nitrogen functional groups attached to an aromatic ring is 1. The first kappa shape index (κ1) is 9.95. The number of aliphatic hydroxyl groups is 1. The fraction of sp³-hybridized carbons (Fsp3) is 0.333. The van der Waals surface area contributed by atoms with Gasteiger partial charge in [-0.05, 0) is 13.0 Å². The van der Waals surface area contributed by atoms with Crippen molar-refractivity contribution in [3.63, 3.8) is 0 Å². The van der Waals surface area contributed by atoms with Crippen LogP contribution in [0.5, 0.6) is 0 Å². The first-order valence-electron chi connectivity index (χ1n) is 4.01. The second kappa shape index (κ2) is 3.72. The molecule has 0 fully saturated rings. The maximum Gasteiger partial charge on any atom is 0.150 e. The van der Waals surface area contributed by atoms with E-state index in [1.165, 1.54) is 19.1 Å². The van der Waals surface area contributed by atoms with E-state index in [0.29, 0.717) is 0 Å². The van der Waals surface area contributed by atoms with Gasteiger partial charge < -0.3 is 16.6 Å². The van der Waals surface area contributed by atoms with Gasteiger partial charge in [0.15, 0.2) is 5.82 Å². The van der Waals surface area contributed by atoms with E-state index < -0.39 is 18.0 Å². The molecule has 1 aromatic carbocycles. The highest BCUT2D eigenvalue weighted by atomic mass is 19.1. The highest BCUT2D eigenvalue weighted by Crippen LogP contribution is 2.21. The fourth-order valence-corrected chi connectivity index (χ4v) is 1.09. The molecular weight excluding hydrogens is 171 g/mol. The largest absolute Gasteiger partial charge is 0.396 e. The Morgan fingerprint density at radius 3 is 2.62 bits per heavy atom. The van der Waals surface area contributed by atoms with E-state index in [0.717, 1.165) is 0 Å². The average molecular weight is 184 g/mol. The van der Waals surface area contributed by atoms with Crippen LogP contribution in [-0.4, -0.2) is 11.2 Å². The molecule has 0 spiro atoms. The summed E-state index contributed by atoms with van der Waals surface area (Å²) in [7, 11) is 0. The molecule has 0 saturated heterocycles. The topological polar surface area (TPSA) is 72.3 Å². The summed E-state index contributed by atoms with van der Waals surface area (Å²) in [6.45, 7) is 1.51. The third kappa shape index (κ3) is 1.96. The summed E-state index contributed by atoms with van der Waals surface area (Å²) in [5.74, 6) is -0.545. The van der Waals surface area contributed by atoms with Gasteiger partial charge in [-0.25, -0.2) is 4.39 Å². The molecule has 1 rings (SSSR count). The standard InChI is InChI=1S/C9H13FN2O/c1-5(13)9(12)6-3-2-4-7(11)8(6)10/h2-5,9,13H,11-12H2,1H3/t5-,9+/m0/s1. The number of rotatable bonds is 2. The summed E-state index contributed by atoms with van der Waals surface area (Å²) < 4.78 is 13.3. The van der Waals surface area contributed by atoms with Crippen molar-refractivity contribution in [3.05, 3.63) is 29.6 Å². The van der Waals surface area contributed by atoms with Crippen LogP contribution in [-0.2, 0) is 0 Å². The summed E-state index contributed by atoms with van der Waals surface area (Å²) in [4.78, 5) is 0. The van der Waals surface area contributed by atoms with Gasteiger partial charge in [-0.3, -0.25) is 0 Å². The van der Waals surface area contributed by atoms with Crippen molar-refractivity contribution in [2.75, 3.05) is 5.73 Å². The van der Waals surface area contributed by atoms with Crippen molar-refractivity contribution in [2.24, 2.45) is 5.73 Å². The van der Waals surface area contributed by atoms with Gasteiger partial charge in [-0.1, -0.05) is 12.1 Å². The molecule has 0 aliphatic heterocycles. The first-order chi connectivity index (χ1) is 6.04. The molecule has 0 unspecified atom stereocenters. The molecule has 5 N–H and O–H groups in total. The normalized spacial score (nSPS) is 15.4. The Kier molecular flexibility index (Phi) is 2.85. The molecular formula is C9H13FN2O. The van der Waals surface area contributed by atoms with Crippen molar-refractivity contribution in [1.29, 1.82) is 0 Å². The van der Waals surface area contributed by atoms with Gasteiger partial charge in [0.1, 0.15) is 0 Å². The van der Waals surface area contributed by atoms with Crippen molar-refractivity contribution in [1.82, 2.24) is 0 Å². The van der Waals surface area contributed by atoms with Crippen LogP contribution in [0.1, 0.15) is 18.5 Å². The van der Waals surface area contributed by atoms with E-state index in [2.05, 4.69) is 0 Å². The molecule has 0 aliphatic carbocycles. The zero-order chi connectivity index (χ0) is 10.0. The van der Waals surface area contributed by atoms with E-state index in [-0.39, 0.29) is 11.3 Å². The molecule has 0 aromatic heterocycles. The van der Waals surface area contributed by atoms with E-state index in [1.807, 2.05) is 0 Å². The Labute approximate surface area is 76.2 Å².